The summed E-state index contributed by atoms with van der Waals surface area (Å²) < 4.78 is 16.7. The van der Waals surface area contributed by atoms with Crippen molar-refractivity contribution in [3.8, 4) is 17.2 Å². The zero-order valence-corrected chi connectivity index (χ0v) is 18.1. The van der Waals surface area contributed by atoms with Gasteiger partial charge in [-0.15, -0.1) is 0 Å². The average Bonchev–Trinajstić information content (AvgIpc) is 2.69. The van der Waals surface area contributed by atoms with E-state index in [-0.39, 0.29) is 11.8 Å². The molecule has 160 valence electrons. The lowest BCUT2D eigenvalue weighted by Gasteiger charge is -2.23. The summed E-state index contributed by atoms with van der Waals surface area (Å²) in [5.74, 6) is 1.23. The van der Waals surface area contributed by atoms with E-state index in [2.05, 4.69) is 24.5 Å². The molecule has 1 aliphatic heterocycles. The number of halogens is 1. The zero-order chi connectivity index (χ0) is 21.8. The Bertz CT molecular complexity index is 961. The van der Waals surface area contributed by atoms with Gasteiger partial charge in [0.25, 0.3) is 11.8 Å². The lowest BCUT2D eigenvalue weighted by Crippen LogP contribution is -2.34. The van der Waals surface area contributed by atoms with Gasteiger partial charge in [0.2, 0.25) is 0 Å². The summed E-state index contributed by atoms with van der Waals surface area (Å²) in [5.41, 5.74) is 1.32. The van der Waals surface area contributed by atoms with E-state index in [1.165, 1.54) is 13.2 Å². The summed E-state index contributed by atoms with van der Waals surface area (Å²) in [6.45, 7) is 6.38. The number of fused-ring (bicyclic) bond motifs is 1. The maximum Gasteiger partial charge on any atom is 0.265 e. The van der Waals surface area contributed by atoms with Crippen LogP contribution in [0.1, 0.15) is 37.6 Å². The normalized spacial score (nSPS) is 15.1. The van der Waals surface area contributed by atoms with E-state index >= 15 is 0 Å². The molecular formula is C22H25ClN2O5. The highest BCUT2D eigenvalue weighted by atomic mass is 35.5. The van der Waals surface area contributed by atoms with Gasteiger partial charge in [0.1, 0.15) is 5.75 Å². The van der Waals surface area contributed by atoms with Gasteiger partial charge < -0.3 is 24.8 Å². The third-order valence-electron chi connectivity index (χ3n) is 4.60. The smallest absolute Gasteiger partial charge is 0.265 e. The van der Waals surface area contributed by atoms with Crippen molar-refractivity contribution < 1.29 is 23.8 Å². The Hall–Kier alpha value is -2.93. The lowest BCUT2D eigenvalue weighted by molar-refractivity contribution is -0.122. The maximum absolute atomic E-state index is 12.7. The Morgan fingerprint density at radius 3 is 2.77 bits per heavy atom. The lowest BCUT2D eigenvalue weighted by atomic mass is 10.1. The van der Waals surface area contributed by atoms with Gasteiger partial charge in [-0.1, -0.05) is 25.4 Å². The van der Waals surface area contributed by atoms with Crippen molar-refractivity contribution in [1.82, 2.24) is 0 Å². The van der Waals surface area contributed by atoms with E-state index < -0.39 is 6.10 Å². The number of hydrogen-bond acceptors (Lipinski definition) is 5. The summed E-state index contributed by atoms with van der Waals surface area (Å²) in [7, 11) is 1.50. The fourth-order valence-corrected chi connectivity index (χ4v) is 3.14. The van der Waals surface area contributed by atoms with Crippen molar-refractivity contribution in [3.05, 3.63) is 40.9 Å². The summed E-state index contributed by atoms with van der Waals surface area (Å²) in [5, 5.41) is 5.84. The van der Waals surface area contributed by atoms with Crippen LogP contribution in [0, 0.1) is 5.92 Å². The number of carbonyl (C=O) groups is 2. The predicted molar refractivity (Wildman–Crippen MR) is 116 cm³/mol. The molecule has 8 heteroatoms. The topological polar surface area (TPSA) is 85.9 Å². The molecule has 1 unspecified atom stereocenters. The first kappa shape index (κ1) is 21.8. The Morgan fingerprint density at radius 1 is 1.30 bits per heavy atom. The molecular weight excluding hydrogens is 408 g/mol. The van der Waals surface area contributed by atoms with Crippen molar-refractivity contribution in [2.75, 3.05) is 24.4 Å². The SMILES string of the molecule is COc1cc(C(=O)Nc2ccc3c(c2)NC(=O)C(C)O3)cc(Cl)c1OCCC(C)C. The van der Waals surface area contributed by atoms with Gasteiger partial charge in [-0.2, -0.15) is 0 Å². The van der Waals surface area contributed by atoms with E-state index in [0.29, 0.717) is 51.7 Å². The van der Waals surface area contributed by atoms with Crippen LogP contribution < -0.4 is 24.8 Å². The molecule has 0 bridgehead atoms. The molecule has 2 aromatic carbocycles. The van der Waals surface area contributed by atoms with Crippen LogP contribution in [0.2, 0.25) is 5.02 Å². The molecule has 0 radical (unpaired) electrons. The minimum Gasteiger partial charge on any atom is -0.493 e. The Labute approximate surface area is 180 Å². The van der Waals surface area contributed by atoms with Crippen LogP contribution in [0.3, 0.4) is 0 Å². The molecule has 0 aliphatic carbocycles. The van der Waals surface area contributed by atoms with Crippen LogP contribution in [0.25, 0.3) is 0 Å². The minimum absolute atomic E-state index is 0.240. The van der Waals surface area contributed by atoms with Crippen molar-refractivity contribution >= 4 is 34.8 Å². The molecule has 1 heterocycles. The van der Waals surface area contributed by atoms with Crippen LogP contribution in [-0.4, -0.2) is 31.6 Å². The second kappa shape index (κ2) is 9.26. The quantitative estimate of drug-likeness (QED) is 0.659. The highest BCUT2D eigenvalue weighted by Gasteiger charge is 2.24. The first-order chi connectivity index (χ1) is 14.3. The minimum atomic E-state index is -0.561. The second-order valence-electron chi connectivity index (χ2n) is 7.43. The second-order valence-corrected chi connectivity index (χ2v) is 7.84. The Morgan fingerprint density at radius 2 is 2.07 bits per heavy atom. The summed E-state index contributed by atoms with van der Waals surface area (Å²) >= 11 is 6.35. The number of benzene rings is 2. The third-order valence-corrected chi connectivity index (χ3v) is 4.88. The monoisotopic (exact) mass is 432 g/mol. The van der Waals surface area contributed by atoms with E-state index in [4.69, 9.17) is 25.8 Å². The van der Waals surface area contributed by atoms with Crippen molar-refractivity contribution in [1.29, 1.82) is 0 Å². The molecule has 0 saturated heterocycles. The highest BCUT2D eigenvalue weighted by Crippen LogP contribution is 2.37. The maximum atomic E-state index is 12.7. The molecule has 2 aromatic rings. The first-order valence-electron chi connectivity index (χ1n) is 9.71. The molecule has 0 spiro atoms. The van der Waals surface area contributed by atoms with Gasteiger partial charge >= 0.3 is 0 Å². The Balaban J connectivity index is 1.76. The molecule has 30 heavy (non-hydrogen) atoms. The number of hydrogen-bond donors (Lipinski definition) is 2. The standard InChI is InChI=1S/C22H25ClN2O5/c1-12(2)7-8-29-20-16(23)9-14(10-19(20)28-4)22(27)24-15-5-6-18-17(11-15)25-21(26)13(3)30-18/h5-6,9-13H,7-8H2,1-4H3,(H,24,27)(H,25,26). The number of methoxy groups -OCH3 is 1. The van der Waals surface area contributed by atoms with Gasteiger partial charge in [0.05, 0.1) is 24.4 Å². The molecule has 3 rings (SSSR count). The third kappa shape index (κ3) is 4.97. The van der Waals surface area contributed by atoms with E-state index in [1.807, 2.05) is 0 Å². The largest absolute Gasteiger partial charge is 0.493 e. The molecule has 0 saturated carbocycles. The van der Waals surface area contributed by atoms with Crippen molar-refractivity contribution in [2.45, 2.75) is 33.3 Å². The van der Waals surface area contributed by atoms with Crippen LogP contribution in [0.15, 0.2) is 30.3 Å². The number of ether oxygens (including phenoxy) is 3. The summed E-state index contributed by atoms with van der Waals surface area (Å²) in [6, 6.07) is 8.15. The van der Waals surface area contributed by atoms with E-state index in [9.17, 15) is 9.59 Å². The van der Waals surface area contributed by atoms with E-state index in [0.717, 1.165) is 6.42 Å². The van der Waals surface area contributed by atoms with Gasteiger partial charge in [0, 0.05) is 11.3 Å². The number of rotatable bonds is 7. The van der Waals surface area contributed by atoms with E-state index in [1.54, 1.807) is 31.2 Å². The van der Waals surface area contributed by atoms with Crippen LogP contribution in [-0.2, 0) is 4.79 Å². The van der Waals surface area contributed by atoms with Crippen molar-refractivity contribution in [2.24, 2.45) is 5.92 Å². The molecule has 1 aliphatic rings. The highest BCUT2D eigenvalue weighted by molar-refractivity contribution is 6.32. The number of amides is 2. The van der Waals surface area contributed by atoms with Gasteiger partial charge in [-0.25, -0.2) is 0 Å². The van der Waals surface area contributed by atoms with Crippen molar-refractivity contribution in [3.63, 3.8) is 0 Å². The van der Waals surface area contributed by atoms with Gasteiger partial charge in [0.15, 0.2) is 17.6 Å². The molecule has 1 atom stereocenters. The van der Waals surface area contributed by atoms with Crippen LogP contribution in [0.4, 0.5) is 11.4 Å². The van der Waals surface area contributed by atoms with Crippen LogP contribution >= 0.6 is 11.6 Å². The molecule has 7 nitrogen and oxygen atoms in total. The molecule has 0 aromatic heterocycles. The summed E-state index contributed by atoms with van der Waals surface area (Å²) in [4.78, 5) is 24.5. The Kier molecular flexibility index (Phi) is 6.72. The molecule has 0 fully saturated rings. The number of carbonyl (C=O) groups excluding carboxylic acids is 2. The predicted octanol–water partition coefficient (Wildman–Crippen LogP) is 4.75. The molecule has 2 amide bonds. The van der Waals surface area contributed by atoms with Gasteiger partial charge in [-0.3, -0.25) is 9.59 Å². The average molecular weight is 433 g/mol. The number of nitrogens with one attached hydrogen (secondary N) is 2. The van der Waals surface area contributed by atoms with Crippen LogP contribution in [0.5, 0.6) is 17.2 Å². The first-order valence-corrected chi connectivity index (χ1v) is 10.1. The summed E-state index contributed by atoms with van der Waals surface area (Å²) in [6.07, 6.45) is 0.313. The number of anilines is 2. The zero-order valence-electron chi connectivity index (χ0n) is 17.4. The molecule has 2 N–H and O–H groups in total. The van der Waals surface area contributed by atoms with Gasteiger partial charge in [-0.05, 0) is 49.6 Å². The fraction of sp³-hybridized carbons (Fsp3) is 0.364. The fourth-order valence-electron chi connectivity index (χ4n) is 2.88.